The summed E-state index contributed by atoms with van der Waals surface area (Å²) in [7, 11) is 5.57. The van der Waals surface area contributed by atoms with Crippen molar-refractivity contribution in [2.75, 3.05) is 13.2 Å². The van der Waals surface area contributed by atoms with Gasteiger partial charge in [0.25, 0.3) is 5.56 Å². The molecule has 2 radical (unpaired) electrons. The third-order valence-electron chi connectivity index (χ3n) is 3.44. The van der Waals surface area contributed by atoms with E-state index >= 15 is 0 Å². The lowest BCUT2D eigenvalue weighted by Crippen LogP contribution is -2.22. The lowest BCUT2D eigenvalue weighted by atomic mass is 10.0. The van der Waals surface area contributed by atoms with Crippen molar-refractivity contribution in [1.29, 1.82) is 0 Å². The summed E-state index contributed by atoms with van der Waals surface area (Å²) in [6.45, 7) is 3.45. The van der Waals surface area contributed by atoms with Crippen molar-refractivity contribution in [1.82, 2.24) is 19.7 Å². The molecule has 25 heavy (non-hydrogen) atoms. The summed E-state index contributed by atoms with van der Waals surface area (Å²) < 4.78 is 6.72. The zero-order valence-corrected chi connectivity index (χ0v) is 14.4. The molecule has 7 heteroatoms. The van der Waals surface area contributed by atoms with Crippen LogP contribution in [-0.2, 0) is 11.3 Å². The van der Waals surface area contributed by atoms with Gasteiger partial charge in [-0.15, -0.1) is 0 Å². The van der Waals surface area contributed by atoms with E-state index in [1.807, 2.05) is 0 Å². The predicted octanol–water partition coefficient (Wildman–Crippen LogP) is 1.09. The van der Waals surface area contributed by atoms with Gasteiger partial charge < -0.3 is 4.74 Å². The molecule has 128 valence electrons. The van der Waals surface area contributed by atoms with Crippen LogP contribution in [-0.4, -0.2) is 40.8 Å². The normalized spacial score (nSPS) is 10.3. The largest absolute Gasteiger partial charge is 0.369 e. The Hall–Kier alpha value is -2.46. The van der Waals surface area contributed by atoms with Crippen LogP contribution in [0.5, 0.6) is 0 Å². The van der Waals surface area contributed by atoms with Crippen molar-refractivity contribution < 1.29 is 4.74 Å². The Balaban J connectivity index is 1.88. The molecule has 0 saturated heterocycles. The molecule has 0 aliphatic rings. The highest BCUT2D eigenvalue weighted by Gasteiger charge is 2.05. The van der Waals surface area contributed by atoms with Crippen molar-refractivity contribution in [3.63, 3.8) is 0 Å². The first kappa shape index (κ1) is 18.9. The number of ether oxygens (including phenoxy) is 1. The highest BCUT2D eigenvalue weighted by Crippen LogP contribution is 2.06. The topological polar surface area (TPSA) is 69.9 Å². The number of nitrogens with zero attached hydrogens (tertiary/aromatic N) is 4. The minimum atomic E-state index is -0.228. The van der Waals surface area contributed by atoms with E-state index in [1.165, 1.54) is 42.4 Å². The number of rotatable bonds is 8. The van der Waals surface area contributed by atoms with Crippen molar-refractivity contribution >= 4 is 13.3 Å². The molecule has 2 rings (SSSR count). The maximum atomic E-state index is 11.9. The van der Waals surface area contributed by atoms with Crippen LogP contribution >= 0.6 is 0 Å². The Labute approximate surface area is 149 Å². The molecule has 2 aromatic heterocycles. The minimum Gasteiger partial charge on any atom is -0.369 e. The number of unbranched alkanes of at least 4 members (excludes halogenated alkanes) is 3. The predicted molar refractivity (Wildman–Crippen MR) is 97.6 cm³/mol. The maximum absolute atomic E-state index is 11.9. The molecule has 0 spiro atoms. The molecule has 0 unspecified atom stereocenters. The van der Waals surface area contributed by atoms with Crippen molar-refractivity contribution in [3.8, 4) is 23.4 Å². The van der Waals surface area contributed by atoms with Crippen molar-refractivity contribution in [2.24, 2.45) is 0 Å². The smallest absolute Gasteiger partial charge is 0.267 e. The van der Waals surface area contributed by atoms with Gasteiger partial charge in [-0.3, -0.25) is 4.79 Å². The van der Waals surface area contributed by atoms with Crippen LogP contribution in [0.4, 0.5) is 0 Å². The molecule has 0 N–H and O–H groups in total. The van der Waals surface area contributed by atoms with Crippen LogP contribution in [0.15, 0.2) is 29.3 Å². The van der Waals surface area contributed by atoms with E-state index in [4.69, 9.17) is 12.6 Å². The molecular formula is C18H21BN4O2. The molecule has 0 atom stereocenters. The summed E-state index contributed by atoms with van der Waals surface area (Å²) in [5.41, 5.74) is 0.736. The Morgan fingerprint density at radius 3 is 2.72 bits per heavy atom. The first-order valence-corrected chi connectivity index (χ1v) is 8.40. The summed E-state index contributed by atoms with van der Waals surface area (Å²) in [5, 5.41) is 4.23. The van der Waals surface area contributed by atoms with E-state index in [2.05, 4.69) is 33.8 Å². The molecule has 0 bridgehead atoms. The van der Waals surface area contributed by atoms with E-state index in [0.717, 1.165) is 13.0 Å². The average molecular weight is 336 g/mol. The van der Waals surface area contributed by atoms with Crippen molar-refractivity contribution in [2.45, 2.75) is 39.2 Å². The molecule has 0 saturated carbocycles. The Kier molecular flexibility index (Phi) is 7.87. The second-order valence-corrected chi connectivity index (χ2v) is 5.52. The van der Waals surface area contributed by atoms with Gasteiger partial charge in [0, 0.05) is 25.1 Å². The number of aromatic nitrogens is 4. The number of hydrogen-bond acceptors (Lipinski definition) is 5. The van der Waals surface area contributed by atoms with Gasteiger partial charge in [0.2, 0.25) is 0 Å². The zero-order valence-electron chi connectivity index (χ0n) is 14.4. The first-order chi connectivity index (χ1) is 12.2. The van der Waals surface area contributed by atoms with Crippen LogP contribution < -0.4 is 11.0 Å². The zero-order chi connectivity index (χ0) is 17.9. The summed E-state index contributed by atoms with van der Waals surface area (Å²) in [6.07, 6.45) is 7.68. The molecular weight excluding hydrogens is 315 g/mol. The fourth-order valence-corrected chi connectivity index (χ4v) is 2.09. The van der Waals surface area contributed by atoms with E-state index < -0.39 is 0 Å². The first-order valence-electron chi connectivity index (χ1n) is 8.40. The molecule has 0 fully saturated rings. The SMILES string of the molecule is [B]c1cnc(-c2ccc(=O)n(CC#CCOCCCCCC)n2)nc1. The molecule has 6 nitrogen and oxygen atoms in total. The van der Waals surface area contributed by atoms with E-state index in [1.54, 1.807) is 6.07 Å². The standard InChI is InChI=1S/C18H21BN4O2/c1-2-3-4-6-11-25-12-7-5-10-23-17(24)9-8-16(22-23)18-20-13-15(19)14-21-18/h8-9,13-14H,2-4,6,10-12H2,1H3. The maximum Gasteiger partial charge on any atom is 0.267 e. The average Bonchev–Trinajstić information content (AvgIpc) is 2.62. The fraction of sp³-hybridized carbons (Fsp3) is 0.444. The third kappa shape index (κ3) is 6.51. The highest BCUT2D eigenvalue weighted by atomic mass is 16.5. The lowest BCUT2D eigenvalue weighted by Gasteiger charge is -2.03. The molecule has 2 aromatic rings. The fourth-order valence-electron chi connectivity index (χ4n) is 2.09. The number of hydrogen-bond donors (Lipinski definition) is 0. The van der Waals surface area contributed by atoms with Gasteiger partial charge >= 0.3 is 0 Å². The van der Waals surface area contributed by atoms with Gasteiger partial charge in [-0.2, -0.15) is 5.10 Å². The highest BCUT2D eigenvalue weighted by molar-refractivity contribution is 6.31. The van der Waals surface area contributed by atoms with Gasteiger partial charge in [0.15, 0.2) is 5.82 Å². The summed E-state index contributed by atoms with van der Waals surface area (Å²) in [6, 6.07) is 3.01. The minimum absolute atomic E-state index is 0.195. The van der Waals surface area contributed by atoms with Crippen LogP contribution in [0.25, 0.3) is 11.5 Å². The monoisotopic (exact) mass is 336 g/mol. The van der Waals surface area contributed by atoms with Crippen LogP contribution in [0.3, 0.4) is 0 Å². The Morgan fingerprint density at radius 2 is 1.96 bits per heavy atom. The van der Waals surface area contributed by atoms with Gasteiger partial charge in [-0.05, 0) is 12.5 Å². The third-order valence-corrected chi connectivity index (χ3v) is 3.44. The van der Waals surface area contributed by atoms with Crippen LogP contribution in [0, 0.1) is 11.8 Å². The van der Waals surface area contributed by atoms with Crippen molar-refractivity contribution in [3.05, 3.63) is 34.9 Å². The Bertz CT molecular complexity index is 778. The molecule has 2 heterocycles. The summed E-state index contributed by atoms with van der Waals surface area (Å²) in [4.78, 5) is 20.1. The van der Waals surface area contributed by atoms with Gasteiger partial charge in [-0.1, -0.05) is 43.5 Å². The molecule has 0 aromatic carbocycles. The van der Waals surface area contributed by atoms with Crippen LogP contribution in [0.1, 0.15) is 32.6 Å². The summed E-state index contributed by atoms with van der Waals surface area (Å²) in [5.74, 6) is 6.20. The van der Waals surface area contributed by atoms with Gasteiger partial charge in [0.05, 0.1) is 0 Å². The molecule has 0 aliphatic heterocycles. The molecule has 0 aliphatic carbocycles. The second kappa shape index (κ2) is 10.4. The Morgan fingerprint density at radius 1 is 1.16 bits per heavy atom. The van der Waals surface area contributed by atoms with Crippen LogP contribution in [0.2, 0.25) is 0 Å². The second-order valence-electron chi connectivity index (χ2n) is 5.52. The molecule has 0 amide bonds. The lowest BCUT2D eigenvalue weighted by molar-refractivity contribution is 0.162. The van der Waals surface area contributed by atoms with E-state index in [9.17, 15) is 4.79 Å². The van der Waals surface area contributed by atoms with Gasteiger partial charge in [0.1, 0.15) is 26.7 Å². The summed E-state index contributed by atoms with van der Waals surface area (Å²) >= 11 is 0. The van der Waals surface area contributed by atoms with Gasteiger partial charge in [-0.25, -0.2) is 14.6 Å². The van der Waals surface area contributed by atoms with E-state index in [-0.39, 0.29) is 12.1 Å². The quantitative estimate of drug-likeness (QED) is 0.410. The van der Waals surface area contributed by atoms with E-state index in [0.29, 0.717) is 23.6 Å².